The Kier molecular flexibility index (Phi) is 5.72. The minimum atomic E-state index is 0.410. The molecule has 0 bridgehead atoms. The van der Waals surface area contributed by atoms with Crippen molar-refractivity contribution in [2.24, 2.45) is 0 Å². The van der Waals surface area contributed by atoms with E-state index in [0.717, 1.165) is 16.7 Å². The molecule has 1 nitrogen and oxygen atoms in total. The lowest BCUT2D eigenvalue weighted by Gasteiger charge is -1.98. The Labute approximate surface area is 91.5 Å². The van der Waals surface area contributed by atoms with Gasteiger partial charge in [0.25, 0.3) is 0 Å². The molecular formula is C14H16O. The van der Waals surface area contributed by atoms with E-state index < -0.39 is 0 Å². The maximum atomic E-state index is 10.3. The fraction of sp³-hybridized carbons (Fsp3) is 0.0714. The van der Waals surface area contributed by atoms with Crippen molar-refractivity contribution in [3.05, 3.63) is 72.9 Å². The van der Waals surface area contributed by atoms with E-state index in [1.54, 1.807) is 12.2 Å². The molecule has 0 amide bonds. The van der Waals surface area contributed by atoms with Gasteiger partial charge in [0.05, 0.1) is 0 Å². The molecule has 0 atom stereocenters. The maximum Gasteiger partial charge on any atom is 0.149 e. The first-order chi connectivity index (χ1) is 6.97. The molecule has 0 saturated carbocycles. The Balaban J connectivity index is 4.41. The summed E-state index contributed by atoms with van der Waals surface area (Å²) in [5.41, 5.74) is 2.89. The van der Waals surface area contributed by atoms with Crippen molar-refractivity contribution in [2.45, 2.75) is 6.92 Å². The molecule has 0 aromatic heterocycles. The van der Waals surface area contributed by atoms with Crippen LogP contribution in [-0.2, 0) is 4.79 Å². The van der Waals surface area contributed by atoms with Crippen molar-refractivity contribution in [3.63, 3.8) is 0 Å². The van der Waals surface area contributed by atoms with Gasteiger partial charge in [0.1, 0.15) is 6.29 Å². The number of allylic oxidation sites excluding steroid dienone is 8. The van der Waals surface area contributed by atoms with E-state index in [9.17, 15) is 4.79 Å². The van der Waals surface area contributed by atoms with Crippen LogP contribution in [0.1, 0.15) is 6.92 Å². The average molecular weight is 200 g/mol. The van der Waals surface area contributed by atoms with E-state index in [0.29, 0.717) is 11.9 Å². The second-order valence-corrected chi connectivity index (χ2v) is 3.26. The Bertz CT molecular complexity index is 365. The second-order valence-electron chi connectivity index (χ2n) is 3.26. The monoisotopic (exact) mass is 200 g/mol. The third kappa shape index (κ3) is 6.22. The van der Waals surface area contributed by atoms with Gasteiger partial charge in [-0.2, -0.15) is 0 Å². The Hall–Kier alpha value is -1.89. The summed E-state index contributed by atoms with van der Waals surface area (Å²) in [5, 5.41) is 0. The number of rotatable bonds is 6. The molecule has 0 unspecified atom stereocenters. The largest absolute Gasteiger partial charge is 0.298 e. The molecule has 0 rings (SSSR count). The molecule has 0 heterocycles. The van der Waals surface area contributed by atoms with Crippen molar-refractivity contribution in [1.82, 2.24) is 0 Å². The molecule has 15 heavy (non-hydrogen) atoms. The lowest BCUT2D eigenvalue weighted by atomic mass is 10.1. The minimum absolute atomic E-state index is 0.410. The summed E-state index contributed by atoms with van der Waals surface area (Å²) < 4.78 is 0. The molecule has 78 valence electrons. The summed E-state index contributed by atoms with van der Waals surface area (Å²) in [6.45, 7) is 16.8. The second kappa shape index (κ2) is 6.55. The molecule has 0 aromatic carbocycles. The average Bonchev–Trinajstić information content (AvgIpc) is 2.21. The fourth-order valence-electron chi connectivity index (χ4n) is 0.704. The van der Waals surface area contributed by atoms with Gasteiger partial charge >= 0.3 is 0 Å². The highest BCUT2D eigenvalue weighted by Crippen LogP contribution is 2.10. The van der Waals surface area contributed by atoms with Crippen molar-refractivity contribution >= 4 is 6.29 Å². The Morgan fingerprint density at radius 3 is 1.73 bits per heavy atom. The van der Waals surface area contributed by atoms with E-state index in [1.807, 2.05) is 19.1 Å². The fourth-order valence-corrected chi connectivity index (χ4v) is 0.704. The summed E-state index contributed by atoms with van der Waals surface area (Å²) in [6, 6.07) is 0. The van der Waals surface area contributed by atoms with Crippen LogP contribution < -0.4 is 0 Å². The highest BCUT2D eigenvalue weighted by Gasteiger charge is 1.91. The molecule has 0 aliphatic heterocycles. The first kappa shape index (κ1) is 13.1. The quantitative estimate of drug-likeness (QED) is 0.364. The molecule has 0 aliphatic rings. The normalized spacial score (nSPS) is 10.5. The predicted octanol–water partition coefficient (Wildman–Crippen LogP) is 3.54. The third-order valence-corrected chi connectivity index (χ3v) is 1.63. The van der Waals surface area contributed by atoms with Crippen molar-refractivity contribution in [2.75, 3.05) is 0 Å². The molecule has 0 aliphatic carbocycles. The molecular weight excluding hydrogens is 184 g/mol. The number of aldehydes is 1. The van der Waals surface area contributed by atoms with Crippen LogP contribution in [0.15, 0.2) is 72.9 Å². The van der Waals surface area contributed by atoms with Gasteiger partial charge in [-0.15, -0.1) is 0 Å². The maximum absolute atomic E-state index is 10.3. The highest BCUT2D eigenvalue weighted by atomic mass is 16.1. The standard InChI is InChI=1S/C14H16O/c1-11(2)6-8-13(4)14(5)9-7-12(3)10-15/h6-10H,1,3-5H2,2H3/b8-6-,9-7-. The van der Waals surface area contributed by atoms with E-state index >= 15 is 0 Å². The van der Waals surface area contributed by atoms with Gasteiger partial charge in [0.15, 0.2) is 0 Å². The Morgan fingerprint density at radius 1 is 0.867 bits per heavy atom. The number of hydrogen-bond donors (Lipinski definition) is 0. The minimum Gasteiger partial charge on any atom is -0.298 e. The van der Waals surface area contributed by atoms with E-state index in [-0.39, 0.29) is 0 Å². The SMILES string of the molecule is C=C(C)/C=C\C(=C)C(=C)/C=C\C(=C)C=O. The van der Waals surface area contributed by atoms with Gasteiger partial charge in [-0.25, -0.2) is 0 Å². The zero-order chi connectivity index (χ0) is 11.8. The summed E-state index contributed by atoms with van der Waals surface area (Å²) in [5.74, 6) is 0. The van der Waals surface area contributed by atoms with Crippen LogP contribution in [0.4, 0.5) is 0 Å². The van der Waals surface area contributed by atoms with Crippen LogP contribution in [-0.4, -0.2) is 6.29 Å². The third-order valence-electron chi connectivity index (χ3n) is 1.63. The van der Waals surface area contributed by atoms with Gasteiger partial charge in [-0.3, -0.25) is 4.79 Å². The molecule has 0 radical (unpaired) electrons. The summed E-state index contributed by atoms with van der Waals surface area (Å²) in [6.07, 6.45) is 7.70. The highest BCUT2D eigenvalue weighted by molar-refractivity contribution is 5.76. The van der Waals surface area contributed by atoms with Gasteiger partial charge in [-0.1, -0.05) is 56.2 Å². The zero-order valence-corrected chi connectivity index (χ0v) is 9.12. The molecule has 1 heteroatoms. The molecule has 0 aromatic rings. The van der Waals surface area contributed by atoms with E-state index in [4.69, 9.17) is 0 Å². The number of carbonyl (C=O) groups is 1. The van der Waals surface area contributed by atoms with E-state index in [2.05, 4.69) is 26.3 Å². The Morgan fingerprint density at radius 2 is 1.33 bits per heavy atom. The molecule has 0 N–H and O–H groups in total. The van der Waals surface area contributed by atoms with Gasteiger partial charge in [0.2, 0.25) is 0 Å². The van der Waals surface area contributed by atoms with Crippen molar-refractivity contribution in [3.8, 4) is 0 Å². The zero-order valence-electron chi connectivity index (χ0n) is 9.12. The van der Waals surface area contributed by atoms with Gasteiger partial charge in [-0.05, 0) is 18.1 Å². The first-order valence-electron chi connectivity index (χ1n) is 4.51. The smallest absolute Gasteiger partial charge is 0.149 e. The van der Waals surface area contributed by atoms with E-state index in [1.165, 1.54) is 0 Å². The van der Waals surface area contributed by atoms with Crippen LogP contribution in [0, 0.1) is 0 Å². The molecule has 0 fully saturated rings. The lowest BCUT2D eigenvalue weighted by molar-refractivity contribution is -0.104. The summed E-state index contributed by atoms with van der Waals surface area (Å²) >= 11 is 0. The lowest BCUT2D eigenvalue weighted by Crippen LogP contribution is -1.80. The number of hydrogen-bond acceptors (Lipinski definition) is 1. The topological polar surface area (TPSA) is 17.1 Å². The summed E-state index contributed by atoms with van der Waals surface area (Å²) in [7, 11) is 0. The molecule has 0 spiro atoms. The van der Waals surface area contributed by atoms with Crippen LogP contribution >= 0.6 is 0 Å². The van der Waals surface area contributed by atoms with Gasteiger partial charge < -0.3 is 0 Å². The van der Waals surface area contributed by atoms with Crippen LogP contribution in [0.2, 0.25) is 0 Å². The summed E-state index contributed by atoms with van der Waals surface area (Å²) in [4.78, 5) is 10.3. The van der Waals surface area contributed by atoms with Crippen LogP contribution in [0.5, 0.6) is 0 Å². The number of carbonyl (C=O) groups excluding carboxylic acids is 1. The van der Waals surface area contributed by atoms with Gasteiger partial charge in [0, 0.05) is 5.57 Å². The molecule has 0 saturated heterocycles. The van der Waals surface area contributed by atoms with Crippen LogP contribution in [0.25, 0.3) is 0 Å². The first-order valence-corrected chi connectivity index (χ1v) is 4.51. The van der Waals surface area contributed by atoms with Crippen molar-refractivity contribution < 1.29 is 4.79 Å². The van der Waals surface area contributed by atoms with Crippen LogP contribution in [0.3, 0.4) is 0 Å². The van der Waals surface area contributed by atoms with Crippen molar-refractivity contribution in [1.29, 1.82) is 0 Å². The predicted molar refractivity (Wildman–Crippen MR) is 66.6 cm³/mol.